The van der Waals surface area contributed by atoms with Crippen LogP contribution in [-0.2, 0) is 11.3 Å². The number of hydrogen-bond acceptors (Lipinski definition) is 3. The summed E-state index contributed by atoms with van der Waals surface area (Å²) >= 11 is 0. The molecule has 0 N–H and O–H groups in total. The Balaban J connectivity index is 1.82. The molecule has 1 aliphatic rings. The topological polar surface area (TPSA) is 29.5 Å². The van der Waals surface area contributed by atoms with E-state index in [1.54, 1.807) is 6.92 Å². The van der Waals surface area contributed by atoms with Crippen molar-refractivity contribution in [2.24, 2.45) is 0 Å². The lowest BCUT2D eigenvalue weighted by molar-refractivity contribution is -0.117. The highest BCUT2D eigenvalue weighted by Gasteiger charge is 2.14. The van der Waals surface area contributed by atoms with Crippen molar-refractivity contribution < 1.29 is 9.53 Å². The fraction of sp³-hybridized carbons (Fsp3) is 0.533. The first kappa shape index (κ1) is 13.1. The quantitative estimate of drug-likeness (QED) is 0.749. The average Bonchev–Trinajstić information content (AvgIpc) is 2.56. The van der Waals surface area contributed by atoms with Crippen LogP contribution in [0.2, 0.25) is 0 Å². The minimum atomic E-state index is 0.291. The van der Waals surface area contributed by atoms with Gasteiger partial charge in [-0.1, -0.05) is 18.2 Å². The SMILES string of the molecule is CC(=O)CCCCN1CCOc2ccccc2C1. The number of unbranched alkanes of at least 4 members (excludes halogenated alkanes) is 1. The first-order valence-corrected chi connectivity index (χ1v) is 6.68. The van der Waals surface area contributed by atoms with Gasteiger partial charge < -0.3 is 9.53 Å². The van der Waals surface area contributed by atoms with Crippen LogP contribution in [0, 0.1) is 0 Å². The van der Waals surface area contributed by atoms with Crippen LogP contribution >= 0.6 is 0 Å². The lowest BCUT2D eigenvalue weighted by atomic mass is 10.1. The number of fused-ring (bicyclic) bond motifs is 1. The average molecular weight is 247 g/mol. The molecular weight excluding hydrogens is 226 g/mol. The molecule has 2 rings (SSSR count). The molecule has 18 heavy (non-hydrogen) atoms. The zero-order chi connectivity index (χ0) is 12.8. The number of carbonyl (C=O) groups excluding carboxylic acids is 1. The minimum absolute atomic E-state index is 0.291. The van der Waals surface area contributed by atoms with E-state index < -0.39 is 0 Å². The Hall–Kier alpha value is -1.35. The number of carbonyl (C=O) groups is 1. The number of ketones is 1. The van der Waals surface area contributed by atoms with Crippen LogP contribution in [0.5, 0.6) is 5.75 Å². The number of nitrogens with zero attached hydrogens (tertiary/aromatic N) is 1. The summed E-state index contributed by atoms with van der Waals surface area (Å²) in [5.74, 6) is 1.31. The molecule has 1 aromatic rings. The van der Waals surface area contributed by atoms with E-state index in [-0.39, 0.29) is 0 Å². The molecule has 1 heterocycles. The molecule has 3 nitrogen and oxygen atoms in total. The molecule has 3 heteroatoms. The van der Waals surface area contributed by atoms with Gasteiger partial charge in [-0.05, 0) is 32.4 Å². The predicted octanol–water partition coefficient (Wildman–Crippen LogP) is 2.64. The zero-order valence-electron chi connectivity index (χ0n) is 11.0. The molecule has 0 saturated carbocycles. The highest BCUT2D eigenvalue weighted by atomic mass is 16.5. The summed E-state index contributed by atoms with van der Waals surface area (Å²) in [7, 11) is 0. The summed E-state index contributed by atoms with van der Waals surface area (Å²) in [6.07, 6.45) is 2.79. The summed E-state index contributed by atoms with van der Waals surface area (Å²) in [5, 5.41) is 0. The smallest absolute Gasteiger partial charge is 0.129 e. The van der Waals surface area contributed by atoms with Crippen molar-refractivity contribution in [3.05, 3.63) is 29.8 Å². The second-order valence-electron chi connectivity index (χ2n) is 4.89. The highest BCUT2D eigenvalue weighted by molar-refractivity contribution is 5.75. The van der Waals surface area contributed by atoms with Gasteiger partial charge in [0, 0.05) is 25.1 Å². The van der Waals surface area contributed by atoms with Crippen LogP contribution in [0.3, 0.4) is 0 Å². The Morgan fingerprint density at radius 2 is 2.17 bits per heavy atom. The van der Waals surface area contributed by atoms with Gasteiger partial charge in [-0.15, -0.1) is 0 Å². The molecule has 1 aliphatic heterocycles. The third-order valence-electron chi connectivity index (χ3n) is 3.28. The zero-order valence-corrected chi connectivity index (χ0v) is 11.0. The van der Waals surface area contributed by atoms with E-state index >= 15 is 0 Å². The molecular formula is C15H21NO2. The van der Waals surface area contributed by atoms with Crippen molar-refractivity contribution in [2.75, 3.05) is 19.7 Å². The largest absolute Gasteiger partial charge is 0.492 e. The Kier molecular flexibility index (Phi) is 4.76. The van der Waals surface area contributed by atoms with E-state index in [4.69, 9.17) is 4.74 Å². The fourth-order valence-electron chi connectivity index (χ4n) is 2.28. The molecule has 0 spiro atoms. The van der Waals surface area contributed by atoms with E-state index in [1.165, 1.54) is 5.56 Å². The predicted molar refractivity (Wildman–Crippen MR) is 71.7 cm³/mol. The number of hydrogen-bond donors (Lipinski definition) is 0. The van der Waals surface area contributed by atoms with E-state index in [0.717, 1.165) is 44.8 Å². The third kappa shape index (κ3) is 3.84. The Morgan fingerprint density at radius 1 is 1.33 bits per heavy atom. The molecule has 0 saturated heterocycles. The lowest BCUT2D eigenvalue weighted by Crippen LogP contribution is -2.26. The van der Waals surface area contributed by atoms with Crippen LogP contribution < -0.4 is 4.74 Å². The van der Waals surface area contributed by atoms with Gasteiger partial charge >= 0.3 is 0 Å². The maximum Gasteiger partial charge on any atom is 0.129 e. The summed E-state index contributed by atoms with van der Waals surface area (Å²) in [6.45, 7) is 5.38. The molecule has 0 bridgehead atoms. The number of ether oxygens (including phenoxy) is 1. The maximum absolute atomic E-state index is 10.9. The molecule has 1 aromatic carbocycles. The molecule has 0 amide bonds. The number of Topliss-reactive ketones (excluding diaryl/α,β-unsaturated/α-hetero) is 1. The monoisotopic (exact) mass is 247 g/mol. The summed E-state index contributed by atoms with van der Waals surface area (Å²) in [5.41, 5.74) is 1.27. The van der Waals surface area contributed by atoms with Gasteiger partial charge in [-0.25, -0.2) is 0 Å². The number of rotatable bonds is 5. The standard InChI is InChI=1S/C15H21NO2/c1-13(17)6-4-5-9-16-10-11-18-15-8-3-2-7-14(15)12-16/h2-3,7-8H,4-6,9-12H2,1H3. The highest BCUT2D eigenvalue weighted by Crippen LogP contribution is 2.22. The summed E-state index contributed by atoms with van der Waals surface area (Å²) < 4.78 is 5.73. The van der Waals surface area contributed by atoms with Crippen LogP contribution in [0.25, 0.3) is 0 Å². The van der Waals surface area contributed by atoms with Crippen LogP contribution in [-0.4, -0.2) is 30.4 Å². The summed E-state index contributed by atoms with van der Waals surface area (Å²) in [4.78, 5) is 13.3. The van der Waals surface area contributed by atoms with Crippen molar-refractivity contribution in [2.45, 2.75) is 32.7 Å². The van der Waals surface area contributed by atoms with Gasteiger partial charge in [0.05, 0.1) is 0 Å². The van der Waals surface area contributed by atoms with Crippen molar-refractivity contribution in [1.29, 1.82) is 0 Å². The van der Waals surface area contributed by atoms with Gasteiger partial charge in [0.15, 0.2) is 0 Å². The normalized spacial score (nSPS) is 15.6. The number of para-hydroxylation sites is 1. The van der Waals surface area contributed by atoms with Crippen LogP contribution in [0.4, 0.5) is 0 Å². The van der Waals surface area contributed by atoms with Gasteiger partial charge in [0.2, 0.25) is 0 Å². The Labute approximate surface area is 109 Å². The Morgan fingerprint density at radius 3 is 3.00 bits per heavy atom. The number of benzene rings is 1. The van der Waals surface area contributed by atoms with Crippen molar-refractivity contribution in [1.82, 2.24) is 4.90 Å². The maximum atomic E-state index is 10.9. The van der Waals surface area contributed by atoms with E-state index in [2.05, 4.69) is 17.0 Å². The van der Waals surface area contributed by atoms with E-state index in [9.17, 15) is 4.79 Å². The van der Waals surface area contributed by atoms with Crippen molar-refractivity contribution in [3.8, 4) is 5.75 Å². The van der Waals surface area contributed by atoms with Crippen molar-refractivity contribution in [3.63, 3.8) is 0 Å². The lowest BCUT2D eigenvalue weighted by Gasteiger charge is -2.18. The van der Waals surface area contributed by atoms with Crippen molar-refractivity contribution >= 4 is 5.78 Å². The molecule has 0 atom stereocenters. The third-order valence-corrected chi connectivity index (χ3v) is 3.28. The van der Waals surface area contributed by atoms with Gasteiger partial charge in [0.25, 0.3) is 0 Å². The summed E-state index contributed by atoms with van der Waals surface area (Å²) in [6, 6.07) is 8.24. The molecule has 0 aliphatic carbocycles. The van der Waals surface area contributed by atoms with Gasteiger partial charge in [0.1, 0.15) is 18.1 Å². The Bertz CT molecular complexity index is 403. The fourth-order valence-corrected chi connectivity index (χ4v) is 2.28. The van der Waals surface area contributed by atoms with Gasteiger partial charge in [-0.2, -0.15) is 0 Å². The molecule has 0 fully saturated rings. The second-order valence-corrected chi connectivity index (χ2v) is 4.89. The van der Waals surface area contributed by atoms with Crippen LogP contribution in [0.1, 0.15) is 31.7 Å². The molecule has 0 radical (unpaired) electrons. The van der Waals surface area contributed by atoms with E-state index in [1.807, 2.05) is 12.1 Å². The molecule has 98 valence electrons. The first-order valence-electron chi connectivity index (χ1n) is 6.68. The molecule has 0 aromatic heterocycles. The molecule has 0 unspecified atom stereocenters. The van der Waals surface area contributed by atoms with Crippen LogP contribution in [0.15, 0.2) is 24.3 Å². The second kappa shape index (κ2) is 6.55. The van der Waals surface area contributed by atoms with E-state index in [0.29, 0.717) is 12.2 Å². The van der Waals surface area contributed by atoms with Gasteiger partial charge in [-0.3, -0.25) is 4.90 Å². The first-order chi connectivity index (χ1) is 8.75. The minimum Gasteiger partial charge on any atom is -0.492 e.